The summed E-state index contributed by atoms with van der Waals surface area (Å²) in [5, 5.41) is 21.3. The summed E-state index contributed by atoms with van der Waals surface area (Å²) in [7, 11) is 0. The summed E-state index contributed by atoms with van der Waals surface area (Å²) in [4.78, 5) is 43.4. The molecule has 6 rings (SSSR count). The van der Waals surface area contributed by atoms with Crippen molar-refractivity contribution in [3.8, 4) is 0 Å². The van der Waals surface area contributed by atoms with Crippen molar-refractivity contribution in [3.63, 3.8) is 0 Å². The van der Waals surface area contributed by atoms with E-state index in [1.807, 2.05) is 11.0 Å². The van der Waals surface area contributed by atoms with Gasteiger partial charge < -0.3 is 19.6 Å². The van der Waals surface area contributed by atoms with Gasteiger partial charge in [0.25, 0.3) is 5.69 Å². The van der Waals surface area contributed by atoms with E-state index >= 15 is 0 Å². The molecule has 2 saturated carbocycles. The largest absolute Gasteiger partial charge is 0.480 e. The number of carbonyl (C=O) groups is 2. The quantitative estimate of drug-likeness (QED) is 0.214. The molecule has 2 saturated heterocycles. The van der Waals surface area contributed by atoms with Crippen LogP contribution in [0.15, 0.2) is 54.6 Å². The number of amides is 1. The first-order valence-corrected chi connectivity index (χ1v) is 17.7. The summed E-state index contributed by atoms with van der Waals surface area (Å²) in [5.41, 5.74) is 2.25. The van der Waals surface area contributed by atoms with E-state index in [4.69, 9.17) is 4.74 Å². The predicted octanol–water partition coefficient (Wildman–Crippen LogP) is 6.20. The molecule has 5 atom stereocenters. The number of carboxylic acid groups (broad SMARTS) is 1. The molecule has 4 fully saturated rings. The zero-order chi connectivity index (χ0) is 32.9. The molecule has 1 amide bonds. The average molecular weight is 647 g/mol. The topological polar surface area (TPSA) is 116 Å². The molecular weight excluding hydrogens is 596 g/mol. The first-order chi connectivity index (χ1) is 22.8. The normalized spacial score (nSPS) is 26.5. The van der Waals surface area contributed by atoms with Gasteiger partial charge in [-0.15, -0.1) is 0 Å². The van der Waals surface area contributed by atoms with E-state index < -0.39 is 16.9 Å². The van der Waals surface area contributed by atoms with Crippen molar-refractivity contribution in [1.82, 2.24) is 14.7 Å². The van der Waals surface area contributed by atoms with Crippen LogP contribution >= 0.6 is 0 Å². The molecule has 10 heteroatoms. The highest BCUT2D eigenvalue weighted by molar-refractivity contribution is 5.74. The number of benzene rings is 2. The van der Waals surface area contributed by atoms with E-state index in [9.17, 15) is 24.8 Å². The van der Waals surface area contributed by atoms with Gasteiger partial charge in [-0.25, -0.2) is 4.79 Å². The lowest BCUT2D eigenvalue weighted by atomic mass is 9.83. The van der Waals surface area contributed by atoms with E-state index in [2.05, 4.69) is 41.0 Å². The van der Waals surface area contributed by atoms with Crippen LogP contribution in [0, 0.1) is 27.9 Å². The maximum absolute atomic E-state index is 13.4. The fraction of sp³-hybridized carbons (Fsp3) is 0.622. The minimum Gasteiger partial charge on any atom is -0.480 e. The number of nitro groups is 1. The van der Waals surface area contributed by atoms with E-state index in [0.29, 0.717) is 24.2 Å². The number of aliphatic carboxylic acids is 1. The van der Waals surface area contributed by atoms with Crippen molar-refractivity contribution in [2.75, 3.05) is 39.3 Å². The van der Waals surface area contributed by atoms with Gasteiger partial charge in [0.15, 0.2) is 0 Å². The van der Waals surface area contributed by atoms with E-state index in [-0.39, 0.29) is 36.4 Å². The van der Waals surface area contributed by atoms with Crippen LogP contribution in [0.4, 0.5) is 10.5 Å². The number of nitrogens with zero attached hydrogens (tertiary/aromatic N) is 4. The summed E-state index contributed by atoms with van der Waals surface area (Å²) in [6, 6.07) is 17.0. The number of non-ortho nitro benzene ring substituents is 1. The fourth-order valence-electron chi connectivity index (χ4n) is 8.57. The maximum atomic E-state index is 13.4. The van der Waals surface area contributed by atoms with Crippen LogP contribution in [0.3, 0.4) is 0 Å². The highest BCUT2D eigenvalue weighted by Gasteiger charge is 2.46. The average Bonchev–Trinajstić information content (AvgIpc) is 3.65. The van der Waals surface area contributed by atoms with E-state index in [0.717, 1.165) is 83.2 Å². The monoisotopic (exact) mass is 646 g/mol. The molecule has 1 N–H and O–H groups in total. The van der Waals surface area contributed by atoms with Gasteiger partial charge in [-0.3, -0.25) is 19.8 Å². The summed E-state index contributed by atoms with van der Waals surface area (Å²) in [5.74, 6) is 0.686. The maximum Gasteiger partial charge on any atom is 0.410 e. The SMILES string of the molecule is CC1CC1N(C(=O)OCCc1ccc([N+](=O)[O-])cc1)C1CCN(C[C@H]2CN([C@@H](C(=O)O)C3CCCCC3)C[C@@H]2c2ccccc2)CC1. The Hall–Kier alpha value is -3.50. The van der Waals surface area contributed by atoms with Crippen LogP contribution in [0.1, 0.15) is 75.3 Å². The van der Waals surface area contributed by atoms with Crippen LogP contribution in [0.25, 0.3) is 0 Å². The second kappa shape index (κ2) is 15.2. The highest BCUT2D eigenvalue weighted by atomic mass is 16.6. The van der Waals surface area contributed by atoms with Gasteiger partial charge in [-0.2, -0.15) is 0 Å². The standard InChI is InChI=1S/C37H50N4O6/c1-26-22-34(26)40(37(44)47-21-18-27-12-14-32(15-13-27)41(45)46)31-16-19-38(20-17-31)23-30-24-39(25-33(30)28-8-4-2-5-9-28)35(36(42)43)29-10-6-3-7-11-29/h2,4-5,8-9,12-15,26,29-31,33-35H,3,6-7,10-11,16-25H2,1H3,(H,42,43)/t26?,30-,33+,34?,35+/m0/s1. The second-order valence-electron chi connectivity index (χ2n) is 14.4. The van der Waals surface area contributed by atoms with E-state index in [1.165, 1.54) is 24.1 Å². The Morgan fingerprint density at radius 3 is 2.30 bits per heavy atom. The molecule has 2 unspecified atom stereocenters. The number of carboxylic acids is 1. The van der Waals surface area contributed by atoms with Crippen molar-refractivity contribution in [2.45, 2.75) is 88.8 Å². The van der Waals surface area contributed by atoms with Gasteiger partial charge in [0.05, 0.1) is 11.5 Å². The molecular formula is C37H50N4O6. The van der Waals surface area contributed by atoms with Crippen LogP contribution in [0.5, 0.6) is 0 Å². The lowest BCUT2D eigenvalue weighted by Gasteiger charge is -2.39. The Balaban J connectivity index is 1.05. The lowest BCUT2D eigenvalue weighted by molar-refractivity contribution is -0.384. The fourth-order valence-corrected chi connectivity index (χ4v) is 8.57. The third-order valence-corrected chi connectivity index (χ3v) is 11.3. The molecule has 2 aromatic rings. The number of carbonyl (C=O) groups excluding carboxylic acids is 1. The van der Waals surface area contributed by atoms with Crippen LogP contribution < -0.4 is 0 Å². The number of likely N-dealkylation sites (tertiary alicyclic amines) is 2. The van der Waals surface area contributed by atoms with Gasteiger partial charge in [0, 0.05) is 69.3 Å². The molecule has 2 aromatic carbocycles. The zero-order valence-electron chi connectivity index (χ0n) is 27.6. The van der Waals surface area contributed by atoms with Crippen molar-refractivity contribution in [2.24, 2.45) is 17.8 Å². The molecule has 0 aromatic heterocycles. The van der Waals surface area contributed by atoms with Gasteiger partial charge >= 0.3 is 12.1 Å². The van der Waals surface area contributed by atoms with Crippen molar-refractivity contribution in [3.05, 3.63) is 75.8 Å². The van der Waals surface area contributed by atoms with Crippen molar-refractivity contribution < 1.29 is 24.4 Å². The summed E-state index contributed by atoms with van der Waals surface area (Å²) < 4.78 is 5.78. The molecule has 4 aliphatic rings. The third-order valence-electron chi connectivity index (χ3n) is 11.3. The Bertz CT molecular complexity index is 1360. The molecule has 10 nitrogen and oxygen atoms in total. The molecule has 0 spiro atoms. The number of piperidine rings is 1. The van der Waals surface area contributed by atoms with Crippen LogP contribution in [-0.4, -0.2) is 94.2 Å². The number of rotatable bonds is 12. The summed E-state index contributed by atoms with van der Waals surface area (Å²) in [6.45, 7) is 6.76. The summed E-state index contributed by atoms with van der Waals surface area (Å²) in [6.07, 6.45) is 8.55. The van der Waals surface area contributed by atoms with Crippen molar-refractivity contribution >= 4 is 17.7 Å². The van der Waals surface area contributed by atoms with Gasteiger partial charge in [-0.05, 0) is 61.0 Å². The predicted molar refractivity (Wildman–Crippen MR) is 179 cm³/mol. The minimum atomic E-state index is -0.667. The molecule has 254 valence electrons. The Morgan fingerprint density at radius 2 is 1.68 bits per heavy atom. The van der Waals surface area contributed by atoms with Gasteiger partial charge in [0.2, 0.25) is 0 Å². The van der Waals surface area contributed by atoms with Gasteiger partial charge in [0.1, 0.15) is 6.04 Å². The number of hydrogen-bond donors (Lipinski definition) is 1. The highest BCUT2D eigenvalue weighted by Crippen LogP contribution is 2.40. The third kappa shape index (κ3) is 8.15. The Morgan fingerprint density at radius 1 is 1.00 bits per heavy atom. The lowest BCUT2D eigenvalue weighted by Crippen LogP contribution is -2.50. The molecule has 47 heavy (non-hydrogen) atoms. The molecule has 0 bridgehead atoms. The number of hydrogen-bond acceptors (Lipinski definition) is 7. The van der Waals surface area contributed by atoms with Gasteiger partial charge in [-0.1, -0.05) is 68.7 Å². The molecule has 2 heterocycles. The second-order valence-corrected chi connectivity index (χ2v) is 14.4. The van der Waals surface area contributed by atoms with Crippen LogP contribution in [0.2, 0.25) is 0 Å². The minimum absolute atomic E-state index is 0.0516. The molecule has 2 aliphatic carbocycles. The van der Waals surface area contributed by atoms with E-state index in [1.54, 1.807) is 12.1 Å². The van der Waals surface area contributed by atoms with Crippen LogP contribution in [-0.2, 0) is 16.0 Å². The Kier molecular flexibility index (Phi) is 10.8. The summed E-state index contributed by atoms with van der Waals surface area (Å²) >= 11 is 0. The smallest absolute Gasteiger partial charge is 0.410 e. The molecule has 0 radical (unpaired) electrons. The number of nitro benzene ring substituents is 1. The molecule has 2 aliphatic heterocycles. The van der Waals surface area contributed by atoms with Crippen molar-refractivity contribution in [1.29, 1.82) is 0 Å². The first-order valence-electron chi connectivity index (χ1n) is 17.7. The number of ether oxygens (including phenoxy) is 1. The Labute approximate surface area is 278 Å². The first kappa shape index (κ1) is 33.4. The zero-order valence-corrected chi connectivity index (χ0v) is 27.6.